The number of nitrogens with two attached hydrogens (primary N) is 1. The Balaban J connectivity index is 2.56. The molecule has 0 spiro atoms. The van der Waals surface area contributed by atoms with Gasteiger partial charge in [0.05, 0.1) is 0 Å². The summed E-state index contributed by atoms with van der Waals surface area (Å²) in [4.78, 5) is 0. The maximum absolute atomic E-state index is 5.77. The quantitative estimate of drug-likeness (QED) is 0.815. The van der Waals surface area contributed by atoms with Gasteiger partial charge in [-0.2, -0.15) is 0 Å². The van der Waals surface area contributed by atoms with Gasteiger partial charge in [-0.15, -0.1) is 0 Å². The standard InChI is InChI=1S/C13H18N2/c1-10(2)9-15-12(8-14)7-11-5-3-4-6-13(11)15/h3-7,10H,8-9,14H2,1-2H3. The van der Waals surface area contributed by atoms with Crippen molar-refractivity contribution in [2.24, 2.45) is 11.7 Å². The topological polar surface area (TPSA) is 30.9 Å². The monoisotopic (exact) mass is 202 g/mol. The summed E-state index contributed by atoms with van der Waals surface area (Å²) in [6, 6.07) is 10.7. The van der Waals surface area contributed by atoms with Gasteiger partial charge in [0.1, 0.15) is 0 Å². The SMILES string of the molecule is CC(C)Cn1c(CN)cc2ccccc21. The molecule has 80 valence electrons. The third kappa shape index (κ3) is 1.90. The summed E-state index contributed by atoms with van der Waals surface area (Å²) in [6.45, 7) is 6.12. The maximum Gasteiger partial charge on any atom is 0.0483 e. The van der Waals surface area contributed by atoms with Crippen molar-refractivity contribution in [3.8, 4) is 0 Å². The first kappa shape index (κ1) is 10.2. The molecular weight excluding hydrogens is 184 g/mol. The van der Waals surface area contributed by atoms with E-state index in [1.165, 1.54) is 16.6 Å². The molecule has 2 nitrogen and oxygen atoms in total. The Hall–Kier alpha value is -1.28. The lowest BCUT2D eigenvalue weighted by Gasteiger charge is -2.11. The zero-order chi connectivity index (χ0) is 10.8. The maximum atomic E-state index is 5.77. The molecule has 0 saturated carbocycles. The van der Waals surface area contributed by atoms with Gasteiger partial charge in [0.2, 0.25) is 0 Å². The lowest BCUT2D eigenvalue weighted by molar-refractivity contribution is 0.522. The summed E-state index contributed by atoms with van der Waals surface area (Å²) >= 11 is 0. The predicted molar refractivity (Wildman–Crippen MR) is 64.7 cm³/mol. The minimum absolute atomic E-state index is 0.612. The highest BCUT2D eigenvalue weighted by Crippen LogP contribution is 2.20. The molecule has 0 aliphatic heterocycles. The molecule has 1 aromatic heterocycles. The normalized spacial score (nSPS) is 11.5. The Morgan fingerprint density at radius 3 is 2.67 bits per heavy atom. The van der Waals surface area contributed by atoms with E-state index < -0.39 is 0 Å². The van der Waals surface area contributed by atoms with Crippen LogP contribution in [-0.4, -0.2) is 4.57 Å². The molecule has 0 saturated heterocycles. The minimum atomic E-state index is 0.612. The molecule has 2 rings (SSSR count). The van der Waals surface area contributed by atoms with Crippen LogP contribution in [0.15, 0.2) is 30.3 Å². The fraction of sp³-hybridized carbons (Fsp3) is 0.385. The van der Waals surface area contributed by atoms with Gasteiger partial charge in [-0.1, -0.05) is 32.0 Å². The second-order valence-electron chi connectivity index (χ2n) is 4.40. The first-order chi connectivity index (χ1) is 7.22. The van der Waals surface area contributed by atoms with E-state index in [9.17, 15) is 0 Å². The molecule has 0 aliphatic rings. The average molecular weight is 202 g/mol. The molecule has 15 heavy (non-hydrogen) atoms. The molecule has 2 heteroatoms. The molecule has 0 bridgehead atoms. The summed E-state index contributed by atoms with van der Waals surface area (Å²) in [5.74, 6) is 0.645. The van der Waals surface area contributed by atoms with Gasteiger partial charge in [0.25, 0.3) is 0 Å². The third-order valence-electron chi connectivity index (χ3n) is 2.65. The van der Waals surface area contributed by atoms with Crippen LogP contribution in [0.1, 0.15) is 19.5 Å². The largest absolute Gasteiger partial charge is 0.343 e. The smallest absolute Gasteiger partial charge is 0.0483 e. The molecule has 0 atom stereocenters. The predicted octanol–water partition coefficient (Wildman–Crippen LogP) is 2.76. The van der Waals surface area contributed by atoms with E-state index in [0.717, 1.165) is 6.54 Å². The van der Waals surface area contributed by atoms with Crippen LogP contribution in [0.3, 0.4) is 0 Å². The molecular formula is C13H18N2. The van der Waals surface area contributed by atoms with Crippen LogP contribution < -0.4 is 5.73 Å². The van der Waals surface area contributed by atoms with Crippen molar-refractivity contribution >= 4 is 10.9 Å². The number of aromatic nitrogens is 1. The van der Waals surface area contributed by atoms with Crippen LogP contribution in [0.5, 0.6) is 0 Å². The van der Waals surface area contributed by atoms with E-state index in [-0.39, 0.29) is 0 Å². The summed E-state index contributed by atoms with van der Waals surface area (Å²) in [6.07, 6.45) is 0. The van der Waals surface area contributed by atoms with Gasteiger partial charge in [-0.05, 0) is 23.4 Å². The molecule has 0 aliphatic carbocycles. The summed E-state index contributed by atoms with van der Waals surface area (Å²) in [7, 11) is 0. The summed E-state index contributed by atoms with van der Waals surface area (Å²) < 4.78 is 2.33. The number of hydrogen-bond donors (Lipinski definition) is 1. The number of nitrogens with zero attached hydrogens (tertiary/aromatic N) is 1. The fourth-order valence-electron chi connectivity index (χ4n) is 2.02. The molecule has 2 aromatic rings. The van der Waals surface area contributed by atoms with E-state index >= 15 is 0 Å². The Bertz CT molecular complexity index is 455. The molecule has 1 heterocycles. The highest BCUT2D eigenvalue weighted by molar-refractivity contribution is 5.81. The highest BCUT2D eigenvalue weighted by atomic mass is 15.0. The van der Waals surface area contributed by atoms with E-state index in [0.29, 0.717) is 12.5 Å². The zero-order valence-corrected chi connectivity index (χ0v) is 9.40. The van der Waals surface area contributed by atoms with E-state index in [1.54, 1.807) is 0 Å². The van der Waals surface area contributed by atoms with Gasteiger partial charge in [-0.3, -0.25) is 0 Å². The van der Waals surface area contributed by atoms with Crippen molar-refractivity contribution in [3.63, 3.8) is 0 Å². The molecule has 2 N–H and O–H groups in total. The van der Waals surface area contributed by atoms with Crippen LogP contribution in [0.4, 0.5) is 0 Å². The average Bonchev–Trinajstić information content (AvgIpc) is 2.56. The zero-order valence-electron chi connectivity index (χ0n) is 9.40. The first-order valence-electron chi connectivity index (χ1n) is 5.49. The first-order valence-corrected chi connectivity index (χ1v) is 5.49. The lowest BCUT2D eigenvalue weighted by atomic mass is 10.2. The Labute approximate surface area is 90.7 Å². The van der Waals surface area contributed by atoms with Crippen molar-refractivity contribution < 1.29 is 0 Å². The van der Waals surface area contributed by atoms with Crippen LogP contribution >= 0.6 is 0 Å². The third-order valence-corrected chi connectivity index (χ3v) is 2.65. The molecule has 0 unspecified atom stereocenters. The van der Waals surface area contributed by atoms with Gasteiger partial charge < -0.3 is 10.3 Å². The summed E-state index contributed by atoms with van der Waals surface area (Å²) in [5, 5.41) is 1.29. The molecule has 0 fully saturated rings. The number of fused-ring (bicyclic) bond motifs is 1. The van der Waals surface area contributed by atoms with Gasteiger partial charge in [-0.25, -0.2) is 0 Å². The highest BCUT2D eigenvalue weighted by Gasteiger charge is 2.07. The molecule has 0 radical (unpaired) electrons. The Morgan fingerprint density at radius 2 is 2.00 bits per heavy atom. The number of benzene rings is 1. The van der Waals surface area contributed by atoms with Gasteiger partial charge in [0.15, 0.2) is 0 Å². The van der Waals surface area contributed by atoms with Crippen molar-refractivity contribution in [3.05, 3.63) is 36.0 Å². The van der Waals surface area contributed by atoms with Crippen LogP contribution in [-0.2, 0) is 13.1 Å². The van der Waals surface area contributed by atoms with E-state index in [1.807, 2.05) is 0 Å². The van der Waals surface area contributed by atoms with Crippen LogP contribution in [0, 0.1) is 5.92 Å². The number of para-hydroxylation sites is 1. The van der Waals surface area contributed by atoms with Crippen molar-refractivity contribution in [2.75, 3.05) is 0 Å². The van der Waals surface area contributed by atoms with E-state index in [4.69, 9.17) is 5.73 Å². The van der Waals surface area contributed by atoms with Gasteiger partial charge >= 0.3 is 0 Å². The van der Waals surface area contributed by atoms with Crippen LogP contribution in [0.25, 0.3) is 10.9 Å². The summed E-state index contributed by atoms with van der Waals surface area (Å²) in [5.41, 5.74) is 8.29. The second-order valence-corrected chi connectivity index (χ2v) is 4.40. The Morgan fingerprint density at radius 1 is 1.27 bits per heavy atom. The fourth-order valence-corrected chi connectivity index (χ4v) is 2.02. The Kier molecular flexibility index (Phi) is 2.78. The number of rotatable bonds is 3. The number of hydrogen-bond acceptors (Lipinski definition) is 1. The van der Waals surface area contributed by atoms with Gasteiger partial charge in [0, 0.05) is 24.3 Å². The molecule has 1 aromatic carbocycles. The van der Waals surface area contributed by atoms with Crippen molar-refractivity contribution in [1.82, 2.24) is 4.57 Å². The van der Waals surface area contributed by atoms with E-state index in [2.05, 4.69) is 48.7 Å². The lowest BCUT2D eigenvalue weighted by Crippen LogP contribution is -2.10. The second kappa shape index (κ2) is 4.07. The van der Waals surface area contributed by atoms with Crippen LogP contribution in [0.2, 0.25) is 0 Å². The minimum Gasteiger partial charge on any atom is -0.343 e. The molecule has 0 amide bonds. The van der Waals surface area contributed by atoms with Crippen molar-refractivity contribution in [2.45, 2.75) is 26.9 Å². The van der Waals surface area contributed by atoms with Crippen molar-refractivity contribution in [1.29, 1.82) is 0 Å².